The number of rotatable bonds is 5. The van der Waals surface area contributed by atoms with Gasteiger partial charge in [0, 0.05) is 12.2 Å². The fraction of sp³-hybridized carbons (Fsp3) is 0.133. The van der Waals surface area contributed by atoms with Crippen LogP contribution in [-0.2, 0) is 21.3 Å². The van der Waals surface area contributed by atoms with Crippen molar-refractivity contribution >= 4 is 21.7 Å². The lowest BCUT2D eigenvalue weighted by atomic mass is 10.1. The lowest BCUT2D eigenvalue weighted by Gasteiger charge is -2.11. The van der Waals surface area contributed by atoms with Crippen LogP contribution in [0.1, 0.15) is 15.9 Å². The minimum atomic E-state index is -3.73. The summed E-state index contributed by atoms with van der Waals surface area (Å²) in [6.07, 6.45) is 0. The number of sulfonamides is 1. The van der Waals surface area contributed by atoms with E-state index < -0.39 is 16.0 Å². The molecule has 2 rings (SSSR count). The molecule has 0 aromatic heterocycles. The Morgan fingerprint density at radius 2 is 1.86 bits per heavy atom. The molecule has 0 spiro atoms. The number of ether oxygens (including phenoxy) is 1. The predicted octanol–water partition coefficient (Wildman–Crippen LogP) is 1.73. The molecule has 0 saturated heterocycles. The van der Waals surface area contributed by atoms with E-state index in [4.69, 9.17) is 5.73 Å². The van der Waals surface area contributed by atoms with Crippen LogP contribution >= 0.6 is 0 Å². The number of hydrogen-bond donors (Lipinski definition) is 2. The Kier molecular flexibility index (Phi) is 4.79. The molecule has 0 radical (unpaired) electrons. The van der Waals surface area contributed by atoms with Gasteiger partial charge in [0.1, 0.15) is 0 Å². The Hall–Kier alpha value is -2.38. The third kappa shape index (κ3) is 3.63. The van der Waals surface area contributed by atoms with Crippen molar-refractivity contribution in [2.24, 2.45) is 5.73 Å². The van der Waals surface area contributed by atoms with Crippen LogP contribution in [0.2, 0.25) is 0 Å². The highest BCUT2D eigenvalue weighted by Gasteiger charge is 2.15. The van der Waals surface area contributed by atoms with E-state index in [0.29, 0.717) is 5.56 Å². The summed E-state index contributed by atoms with van der Waals surface area (Å²) in [4.78, 5) is 11.8. The minimum absolute atomic E-state index is 0.132. The second kappa shape index (κ2) is 6.59. The van der Waals surface area contributed by atoms with E-state index in [2.05, 4.69) is 9.46 Å². The minimum Gasteiger partial charge on any atom is -0.465 e. The van der Waals surface area contributed by atoms with Crippen LogP contribution in [0, 0.1) is 0 Å². The lowest BCUT2D eigenvalue weighted by Crippen LogP contribution is -2.14. The second-order valence-electron chi connectivity index (χ2n) is 4.53. The summed E-state index contributed by atoms with van der Waals surface area (Å²) in [7, 11) is -2.48. The number of hydrogen-bond acceptors (Lipinski definition) is 5. The molecule has 2 aromatic rings. The number of nitrogens with one attached hydrogen (secondary N) is 1. The van der Waals surface area contributed by atoms with Crippen molar-refractivity contribution in [3.8, 4) is 0 Å². The smallest absolute Gasteiger partial charge is 0.337 e. The van der Waals surface area contributed by atoms with E-state index in [1.807, 2.05) is 0 Å². The molecule has 0 atom stereocenters. The van der Waals surface area contributed by atoms with Gasteiger partial charge in [-0.1, -0.05) is 18.2 Å². The second-order valence-corrected chi connectivity index (χ2v) is 6.22. The fourth-order valence-electron chi connectivity index (χ4n) is 1.92. The third-order valence-electron chi connectivity index (χ3n) is 2.96. The number of benzene rings is 2. The van der Waals surface area contributed by atoms with Gasteiger partial charge in [0.05, 0.1) is 17.6 Å². The van der Waals surface area contributed by atoms with Gasteiger partial charge in [-0.25, -0.2) is 13.2 Å². The van der Waals surface area contributed by atoms with Gasteiger partial charge in [0.2, 0.25) is 0 Å². The van der Waals surface area contributed by atoms with Crippen LogP contribution in [0.3, 0.4) is 0 Å². The molecule has 6 nitrogen and oxygen atoms in total. The van der Waals surface area contributed by atoms with Crippen molar-refractivity contribution in [2.75, 3.05) is 11.8 Å². The summed E-state index contributed by atoms with van der Waals surface area (Å²) in [5.74, 6) is -0.560. The largest absolute Gasteiger partial charge is 0.465 e. The molecular formula is C15H16N2O4S. The molecule has 0 unspecified atom stereocenters. The van der Waals surface area contributed by atoms with Crippen LogP contribution in [0.25, 0.3) is 0 Å². The molecule has 0 amide bonds. The van der Waals surface area contributed by atoms with Crippen LogP contribution in [-0.4, -0.2) is 21.5 Å². The summed E-state index contributed by atoms with van der Waals surface area (Å²) in [6, 6.07) is 12.5. The first-order valence-electron chi connectivity index (χ1n) is 6.46. The van der Waals surface area contributed by atoms with Crippen molar-refractivity contribution in [2.45, 2.75) is 11.4 Å². The number of carbonyl (C=O) groups excluding carboxylic acids is 1. The maximum Gasteiger partial charge on any atom is 0.337 e. The predicted molar refractivity (Wildman–Crippen MR) is 82.9 cm³/mol. The van der Waals surface area contributed by atoms with Gasteiger partial charge in [-0.05, 0) is 35.9 Å². The number of anilines is 1. The Bertz CT molecular complexity index is 773. The molecular weight excluding hydrogens is 304 g/mol. The Morgan fingerprint density at radius 3 is 2.45 bits per heavy atom. The monoisotopic (exact) mass is 320 g/mol. The normalized spacial score (nSPS) is 11.0. The van der Waals surface area contributed by atoms with Gasteiger partial charge >= 0.3 is 5.97 Å². The summed E-state index contributed by atoms with van der Waals surface area (Å²) < 4.78 is 31.7. The van der Waals surface area contributed by atoms with E-state index >= 15 is 0 Å². The van der Waals surface area contributed by atoms with Crippen LogP contribution < -0.4 is 10.5 Å². The average Bonchev–Trinajstić information content (AvgIpc) is 2.54. The Morgan fingerprint density at radius 1 is 1.18 bits per heavy atom. The van der Waals surface area contributed by atoms with Gasteiger partial charge in [0.15, 0.2) is 0 Å². The summed E-state index contributed by atoms with van der Waals surface area (Å²) in [5.41, 5.74) is 6.68. The molecule has 22 heavy (non-hydrogen) atoms. The maximum absolute atomic E-state index is 12.3. The van der Waals surface area contributed by atoms with Crippen molar-refractivity contribution < 1.29 is 17.9 Å². The first-order valence-corrected chi connectivity index (χ1v) is 7.95. The summed E-state index contributed by atoms with van der Waals surface area (Å²) in [6.45, 7) is 0.172. The maximum atomic E-state index is 12.3. The SMILES string of the molecule is COC(=O)c1cc(CN)cc(NS(=O)(=O)c2ccccc2)c1. The lowest BCUT2D eigenvalue weighted by molar-refractivity contribution is 0.0600. The van der Waals surface area contributed by atoms with Crippen molar-refractivity contribution in [1.29, 1.82) is 0 Å². The molecule has 0 saturated carbocycles. The van der Waals surface area contributed by atoms with Crippen molar-refractivity contribution in [3.63, 3.8) is 0 Å². The Balaban J connectivity index is 2.39. The number of methoxy groups -OCH3 is 1. The first-order chi connectivity index (χ1) is 10.5. The summed E-state index contributed by atoms with van der Waals surface area (Å²) >= 11 is 0. The quantitative estimate of drug-likeness (QED) is 0.818. The highest BCUT2D eigenvalue weighted by Crippen LogP contribution is 2.20. The van der Waals surface area contributed by atoms with Crippen LogP contribution in [0.4, 0.5) is 5.69 Å². The molecule has 7 heteroatoms. The van der Waals surface area contributed by atoms with Gasteiger partial charge in [-0.3, -0.25) is 4.72 Å². The van der Waals surface area contributed by atoms with Gasteiger partial charge < -0.3 is 10.5 Å². The highest BCUT2D eigenvalue weighted by molar-refractivity contribution is 7.92. The van der Waals surface area contributed by atoms with Gasteiger partial charge in [-0.2, -0.15) is 0 Å². The zero-order chi connectivity index (χ0) is 16.2. The van der Waals surface area contributed by atoms with Gasteiger partial charge in [0.25, 0.3) is 10.0 Å². The summed E-state index contributed by atoms with van der Waals surface area (Å²) in [5, 5.41) is 0. The van der Waals surface area contributed by atoms with E-state index in [1.165, 1.54) is 25.3 Å². The number of carbonyl (C=O) groups is 1. The van der Waals surface area contributed by atoms with Gasteiger partial charge in [-0.15, -0.1) is 0 Å². The number of esters is 1. The first kappa shape index (κ1) is 16.0. The van der Waals surface area contributed by atoms with E-state index in [0.717, 1.165) is 0 Å². The van der Waals surface area contributed by atoms with E-state index in [1.54, 1.807) is 30.3 Å². The third-order valence-corrected chi connectivity index (χ3v) is 4.35. The van der Waals surface area contributed by atoms with Crippen molar-refractivity contribution in [3.05, 3.63) is 59.7 Å². The zero-order valence-electron chi connectivity index (χ0n) is 11.9. The van der Waals surface area contributed by atoms with E-state index in [-0.39, 0.29) is 22.7 Å². The van der Waals surface area contributed by atoms with E-state index in [9.17, 15) is 13.2 Å². The highest BCUT2D eigenvalue weighted by atomic mass is 32.2. The molecule has 3 N–H and O–H groups in total. The number of nitrogens with two attached hydrogens (primary N) is 1. The molecule has 0 aliphatic rings. The molecule has 0 aliphatic heterocycles. The molecule has 0 aliphatic carbocycles. The Labute approximate surface area is 129 Å². The molecule has 116 valence electrons. The fourth-order valence-corrected chi connectivity index (χ4v) is 2.98. The zero-order valence-corrected chi connectivity index (χ0v) is 12.8. The standard InChI is InChI=1S/C15H16N2O4S/c1-21-15(18)12-7-11(10-16)8-13(9-12)17-22(19,20)14-5-3-2-4-6-14/h2-9,17H,10,16H2,1H3. The average molecular weight is 320 g/mol. The molecule has 2 aromatic carbocycles. The van der Waals surface area contributed by atoms with Crippen molar-refractivity contribution in [1.82, 2.24) is 0 Å². The van der Waals surface area contributed by atoms with Crippen LogP contribution in [0.5, 0.6) is 0 Å². The topological polar surface area (TPSA) is 98.5 Å². The van der Waals surface area contributed by atoms with Crippen LogP contribution in [0.15, 0.2) is 53.4 Å². The molecule has 0 fully saturated rings. The molecule has 0 heterocycles. The molecule has 0 bridgehead atoms.